The fourth-order valence-electron chi connectivity index (χ4n) is 2.23. The first-order chi connectivity index (χ1) is 13.0. The average Bonchev–Trinajstić information content (AvgIpc) is 3.09. The Kier molecular flexibility index (Phi) is 7.00. The van der Waals surface area contributed by atoms with Crippen LogP contribution in [0.25, 0.3) is 10.6 Å². The van der Waals surface area contributed by atoms with Crippen LogP contribution in [0.4, 0.5) is 5.13 Å². The van der Waals surface area contributed by atoms with Gasteiger partial charge in [-0.05, 0) is 48.9 Å². The van der Waals surface area contributed by atoms with Crippen molar-refractivity contribution in [3.8, 4) is 10.6 Å². The molecule has 1 aromatic heterocycles. The number of halogens is 3. The van der Waals surface area contributed by atoms with Crippen LogP contribution in [0.1, 0.15) is 13.3 Å². The fourth-order valence-corrected chi connectivity index (χ4v) is 4.65. The van der Waals surface area contributed by atoms with Crippen molar-refractivity contribution < 1.29 is 4.79 Å². The molecule has 1 heterocycles. The van der Waals surface area contributed by atoms with Crippen LogP contribution >= 0.6 is 57.9 Å². The smallest absolute Gasteiger partial charge is 0.239 e. The van der Waals surface area contributed by atoms with Gasteiger partial charge in [-0.3, -0.25) is 10.1 Å². The number of benzene rings is 2. The molecule has 0 saturated carbocycles. The molecule has 1 amide bonds. The van der Waals surface area contributed by atoms with E-state index in [2.05, 4.69) is 15.5 Å². The van der Waals surface area contributed by atoms with Crippen molar-refractivity contribution in [3.05, 3.63) is 57.5 Å². The third-order valence-corrected chi connectivity index (χ3v) is 6.62. The quantitative estimate of drug-likeness (QED) is 0.419. The highest BCUT2D eigenvalue weighted by Crippen LogP contribution is 2.34. The number of rotatable bonds is 6. The first-order valence-electron chi connectivity index (χ1n) is 7.98. The number of hydrogen-bond donors (Lipinski definition) is 1. The van der Waals surface area contributed by atoms with Crippen molar-refractivity contribution in [2.75, 3.05) is 5.32 Å². The molecule has 0 aliphatic rings. The van der Waals surface area contributed by atoms with Gasteiger partial charge in [0.2, 0.25) is 11.0 Å². The predicted octanol–water partition coefficient (Wildman–Crippen LogP) is 6.67. The standard InChI is InChI=1S/C18H14Cl3N3OS2/c1-2-15(26-12-6-3-10(19)4-7-12)16(25)22-18-24-23-17(27-18)13-8-5-11(20)9-14(13)21/h3-9,15H,2H2,1H3,(H,22,24,25). The van der Waals surface area contributed by atoms with Gasteiger partial charge in [-0.1, -0.05) is 53.1 Å². The Bertz CT molecular complexity index is 947. The lowest BCUT2D eigenvalue weighted by atomic mass is 10.2. The Morgan fingerprint density at radius 3 is 2.48 bits per heavy atom. The topological polar surface area (TPSA) is 54.9 Å². The maximum Gasteiger partial charge on any atom is 0.239 e. The van der Waals surface area contributed by atoms with E-state index in [4.69, 9.17) is 34.8 Å². The van der Waals surface area contributed by atoms with Crippen LogP contribution in [-0.2, 0) is 4.79 Å². The van der Waals surface area contributed by atoms with Gasteiger partial charge in [0.15, 0.2) is 5.01 Å². The molecule has 4 nitrogen and oxygen atoms in total. The SMILES string of the molecule is CCC(Sc1ccc(Cl)cc1)C(=O)Nc1nnc(-c2ccc(Cl)cc2Cl)s1. The van der Waals surface area contributed by atoms with Gasteiger partial charge in [-0.15, -0.1) is 22.0 Å². The number of hydrogen-bond acceptors (Lipinski definition) is 5. The van der Waals surface area contributed by atoms with Gasteiger partial charge in [-0.25, -0.2) is 0 Å². The molecule has 140 valence electrons. The van der Waals surface area contributed by atoms with Gasteiger partial charge in [0.1, 0.15) is 0 Å². The fraction of sp³-hybridized carbons (Fsp3) is 0.167. The minimum absolute atomic E-state index is 0.123. The summed E-state index contributed by atoms with van der Waals surface area (Å²) in [5, 5.41) is 13.5. The van der Waals surface area contributed by atoms with Gasteiger partial charge < -0.3 is 0 Å². The Balaban J connectivity index is 1.69. The van der Waals surface area contributed by atoms with Crippen molar-refractivity contribution in [2.45, 2.75) is 23.5 Å². The molecule has 3 rings (SSSR count). The molecule has 0 bridgehead atoms. The Morgan fingerprint density at radius 1 is 1.11 bits per heavy atom. The largest absolute Gasteiger partial charge is 0.300 e. The highest BCUT2D eigenvalue weighted by molar-refractivity contribution is 8.00. The normalized spacial score (nSPS) is 12.0. The zero-order valence-electron chi connectivity index (χ0n) is 14.1. The first kappa shape index (κ1) is 20.4. The zero-order chi connectivity index (χ0) is 19.4. The van der Waals surface area contributed by atoms with Crippen molar-refractivity contribution in [1.82, 2.24) is 10.2 Å². The number of nitrogens with zero attached hydrogens (tertiary/aromatic N) is 2. The van der Waals surface area contributed by atoms with E-state index in [0.717, 1.165) is 10.5 Å². The van der Waals surface area contributed by atoms with Crippen LogP contribution in [0.15, 0.2) is 47.4 Å². The molecule has 1 atom stereocenters. The number of nitrogens with one attached hydrogen (secondary N) is 1. The minimum atomic E-state index is -0.252. The molecule has 2 aromatic carbocycles. The van der Waals surface area contributed by atoms with Gasteiger partial charge in [-0.2, -0.15) is 0 Å². The van der Waals surface area contributed by atoms with Gasteiger partial charge >= 0.3 is 0 Å². The number of amides is 1. The number of carbonyl (C=O) groups is 1. The zero-order valence-corrected chi connectivity index (χ0v) is 18.0. The van der Waals surface area contributed by atoms with Crippen molar-refractivity contribution in [3.63, 3.8) is 0 Å². The molecule has 9 heteroatoms. The molecular formula is C18H14Cl3N3OS2. The molecule has 27 heavy (non-hydrogen) atoms. The Labute approximate surface area is 180 Å². The molecular weight excluding hydrogens is 445 g/mol. The highest BCUT2D eigenvalue weighted by atomic mass is 35.5. The van der Waals surface area contributed by atoms with E-state index >= 15 is 0 Å². The van der Waals surface area contributed by atoms with Crippen molar-refractivity contribution in [2.24, 2.45) is 0 Å². The van der Waals surface area contributed by atoms with E-state index in [0.29, 0.717) is 31.6 Å². The van der Waals surface area contributed by atoms with E-state index in [-0.39, 0.29) is 11.2 Å². The van der Waals surface area contributed by atoms with E-state index in [1.54, 1.807) is 30.3 Å². The summed E-state index contributed by atoms with van der Waals surface area (Å²) in [4.78, 5) is 13.6. The summed E-state index contributed by atoms with van der Waals surface area (Å²) < 4.78 is 0. The molecule has 1 unspecified atom stereocenters. The summed E-state index contributed by atoms with van der Waals surface area (Å²) >= 11 is 20.8. The molecule has 0 fully saturated rings. The van der Waals surface area contributed by atoms with Crippen LogP contribution in [0, 0.1) is 0 Å². The van der Waals surface area contributed by atoms with E-state index in [1.807, 2.05) is 19.1 Å². The van der Waals surface area contributed by atoms with E-state index in [1.165, 1.54) is 23.1 Å². The lowest BCUT2D eigenvalue weighted by Gasteiger charge is -2.13. The van der Waals surface area contributed by atoms with Gasteiger partial charge in [0, 0.05) is 20.5 Å². The van der Waals surface area contributed by atoms with E-state index < -0.39 is 0 Å². The average molecular weight is 459 g/mol. The number of thioether (sulfide) groups is 1. The monoisotopic (exact) mass is 457 g/mol. The second kappa shape index (κ2) is 9.26. The molecule has 3 aromatic rings. The molecule has 1 N–H and O–H groups in total. The summed E-state index contributed by atoms with van der Waals surface area (Å²) in [7, 11) is 0. The second-order valence-electron chi connectivity index (χ2n) is 5.49. The van der Waals surface area contributed by atoms with Crippen LogP contribution < -0.4 is 5.32 Å². The summed E-state index contributed by atoms with van der Waals surface area (Å²) in [6.45, 7) is 1.96. The number of carbonyl (C=O) groups excluding carboxylic acids is 1. The van der Waals surface area contributed by atoms with Gasteiger partial charge in [0.05, 0.1) is 10.3 Å². The van der Waals surface area contributed by atoms with Crippen molar-refractivity contribution in [1.29, 1.82) is 0 Å². The molecule has 0 aliphatic carbocycles. The maximum atomic E-state index is 12.6. The Morgan fingerprint density at radius 2 is 1.81 bits per heavy atom. The van der Waals surface area contributed by atoms with Crippen LogP contribution in [0.2, 0.25) is 15.1 Å². The summed E-state index contributed by atoms with van der Waals surface area (Å²) in [5.41, 5.74) is 0.724. The lowest BCUT2D eigenvalue weighted by Crippen LogP contribution is -2.24. The third-order valence-electron chi connectivity index (χ3n) is 3.57. The van der Waals surface area contributed by atoms with Crippen LogP contribution in [0.5, 0.6) is 0 Å². The minimum Gasteiger partial charge on any atom is -0.300 e. The van der Waals surface area contributed by atoms with Crippen LogP contribution in [-0.4, -0.2) is 21.4 Å². The van der Waals surface area contributed by atoms with Crippen molar-refractivity contribution >= 4 is 68.9 Å². The van der Waals surface area contributed by atoms with Crippen LogP contribution in [0.3, 0.4) is 0 Å². The third kappa shape index (κ3) is 5.36. The molecule has 0 spiro atoms. The molecule has 0 radical (unpaired) electrons. The maximum absolute atomic E-state index is 12.6. The highest BCUT2D eigenvalue weighted by Gasteiger charge is 2.20. The first-order valence-corrected chi connectivity index (χ1v) is 10.8. The van der Waals surface area contributed by atoms with Gasteiger partial charge in [0.25, 0.3) is 0 Å². The summed E-state index contributed by atoms with van der Waals surface area (Å²) in [5.74, 6) is -0.123. The second-order valence-corrected chi connectivity index (χ2v) is 9.03. The lowest BCUT2D eigenvalue weighted by molar-refractivity contribution is -0.115. The summed E-state index contributed by atoms with van der Waals surface area (Å²) in [6, 6.07) is 12.6. The molecule has 0 aliphatic heterocycles. The Hall–Kier alpha value is -1.31. The van der Waals surface area contributed by atoms with E-state index in [9.17, 15) is 4.79 Å². The predicted molar refractivity (Wildman–Crippen MR) is 115 cm³/mol. The molecule has 0 saturated heterocycles. The number of anilines is 1. The number of aromatic nitrogens is 2. The summed E-state index contributed by atoms with van der Waals surface area (Å²) in [6.07, 6.45) is 0.674.